The number of carbonyl (C=O) groups excluding carboxylic acids is 1. The van der Waals surface area contributed by atoms with Crippen molar-refractivity contribution in [1.82, 2.24) is 4.31 Å². The second-order valence-corrected chi connectivity index (χ2v) is 9.14. The zero-order valence-electron chi connectivity index (χ0n) is 16.0. The highest BCUT2D eigenvalue weighted by Gasteiger charge is 2.28. The third-order valence-electron chi connectivity index (χ3n) is 5.11. The van der Waals surface area contributed by atoms with Crippen molar-refractivity contribution < 1.29 is 22.7 Å². The number of fused-ring (bicyclic) bond motifs is 1. The van der Waals surface area contributed by atoms with Crippen LogP contribution in [0.5, 0.6) is 11.5 Å². The molecule has 4 rings (SSSR count). The molecule has 1 atom stereocenters. The molecule has 2 aliphatic rings. The van der Waals surface area contributed by atoms with Crippen LogP contribution in [-0.4, -0.2) is 44.4 Å². The maximum absolute atomic E-state index is 13.0. The van der Waals surface area contributed by atoms with E-state index in [0.29, 0.717) is 30.3 Å². The fourth-order valence-electron chi connectivity index (χ4n) is 3.54. The highest BCUT2D eigenvalue weighted by Crippen LogP contribution is 2.31. The highest BCUT2D eigenvalue weighted by atomic mass is 32.2. The van der Waals surface area contributed by atoms with Crippen molar-refractivity contribution >= 4 is 21.6 Å². The Bertz CT molecular complexity index is 984. The molecule has 0 spiro atoms. The lowest BCUT2D eigenvalue weighted by atomic mass is 10.2. The fraction of sp³-hybridized carbons (Fsp3) is 0.381. The van der Waals surface area contributed by atoms with E-state index in [4.69, 9.17) is 9.47 Å². The van der Waals surface area contributed by atoms with E-state index >= 15 is 0 Å². The van der Waals surface area contributed by atoms with Crippen LogP contribution < -0.4 is 14.8 Å². The van der Waals surface area contributed by atoms with Crippen molar-refractivity contribution in [2.75, 3.05) is 25.0 Å². The molecule has 0 radical (unpaired) electrons. The third-order valence-corrected chi connectivity index (χ3v) is 7.00. The molecule has 29 heavy (non-hydrogen) atoms. The first-order valence-corrected chi connectivity index (χ1v) is 11.3. The summed E-state index contributed by atoms with van der Waals surface area (Å²) < 4.78 is 38.8. The fourth-order valence-corrected chi connectivity index (χ4v) is 5.10. The Morgan fingerprint density at radius 3 is 2.45 bits per heavy atom. The van der Waals surface area contributed by atoms with Crippen LogP contribution in [0.4, 0.5) is 5.69 Å². The number of hydrogen-bond acceptors (Lipinski definition) is 5. The van der Waals surface area contributed by atoms with E-state index in [-0.39, 0.29) is 17.4 Å². The van der Waals surface area contributed by atoms with Crippen LogP contribution in [0.15, 0.2) is 53.4 Å². The lowest BCUT2D eigenvalue weighted by Gasteiger charge is -2.25. The Morgan fingerprint density at radius 2 is 1.69 bits per heavy atom. The summed E-state index contributed by atoms with van der Waals surface area (Å²) in [7, 11) is -3.58. The summed E-state index contributed by atoms with van der Waals surface area (Å²) in [4.78, 5) is 12.8. The van der Waals surface area contributed by atoms with Gasteiger partial charge in [0.15, 0.2) is 11.5 Å². The van der Waals surface area contributed by atoms with Gasteiger partial charge in [-0.05, 0) is 43.2 Å². The number of rotatable bonds is 4. The summed E-state index contributed by atoms with van der Waals surface area (Å²) in [5, 5.41) is 2.74. The minimum absolute atomic E-state index is 0.0919. The molecule has 0 bridgehead atoms. The Labute approximate surface area is 170 Å². The predicted octanol–water partition coefficient (Wildman–Crippen LogP) is 3.03. The van der Waals surface area contributed by atoms with Gasteiger partial charge in [0.05, 0.1) is 4.90 Å². The normalized spacial score (nSPS) is 19.9. The molecule has 8 heteroatoms. The van der Waals surface area contributed by atoms with Crippen molar-refractivity contribution in [1.29, 1.82) is 0 Å². The number of nitrogens with one attached hydrogen (secondary N) is 1. The van der Waals surface area contributed by atoms with Gasteiger partial charge in [0.2, 0.25) is 16.1 Å². The van der Waals surface area contributed by atoms with Crippen LogP contribution in [0.3, 0.4) is 0 Å². The van der Waals surface area contributed by atoms with Gasteiger partial charge in [0.25, 0.3) is 5.91 Å². The molecule has 0 aromatic heterocycles. The lowest BCUT2D eigenvalue weighted by Crippen LogP contribution is -2.40. The summed E-state index contributed by atoms with van der Waals surface area (Å²) in [6.45, 7) is 1.16. The Hall–Kier alpha value is -2.58. The van der Waals surface area contributed by atoms with E-state index in [0.717, 1.165) is 25.7 Å². The minimum Gasteiger partial charge on any atom is -0.485 e. The number of benzene rings is 2. The van der Waals surface area contributed by atoms with E-state index < -0.39 is 16.1 Å². The zero-order chi connectivity index (χ0) is 20.3. The first-order chi connectivity index (χ1) is 14.0. The number of para-hydroxylation sites is 2. The van der Waals surface area contributed by atoms with Gasteiger partial charge < -0.3 is 14.8 Å². The Balaban J connectivity index is 1.47. The van der Waals surface area contributed by atoms with E-state index in [1.165, 1.54) is 10.4 Å². The van der Waals surface area contributed by atoms with Gasteiger partial charge in [-0.15, -0.1) is 0 Å². The first-order valence-electron chi connectivity index (χ1n) is 9.83. The maximum atomic E-state index is 13.0. The largest absolute Gasteiger partial charge is 0.485 e. The molecule has 2 aromatic rings. The van der Waals surface area contributed by atoms with Crippen molar-refractivity contribution in [3.05, 3.63) is 48.5 Å². The summed E-state index contributed by atoms with van der Waals surface area (Å²) >= 11 is 0. The van der Waals surface area contributed by atoms with Gasteiger partial charge in [-0.25, -0.2) is 8.42 Å². The van der Waals surface area contributed by atoms with Gasteiger partial charge in [-0.1, -0.05) is 31.0 Å². The molecule has 2 aliphatic heterocycles. The van der Waals surface area contributed by atoms with Gasteiger partial charge in [0.1, 0.15) is 6.61 Å². The second-order valence-electron chi connectivity index (χ2n) is 7.20. The zero-order valence-corrected chi connectivity index (χ0v) is 16.9. The van der Waals surface area contributed by atoms with Crippen molar-refractivity contribution in [3.8, 4) is 11.5 Å². The van der Waals surface area contributed by atoms with Gasteiger partial charge in [-0.3, -0.25) is 4.79 Å². The maximum Gasteiger partial charge on any atom is 0.269 e. The molecular weight excluding hydrogens is 392 g/mol. The Kier molecular flexibility index (Phi) is 5.73. The molecule has 1 amide bonds. The monoisotopic (exact) mass is 416 g/mol. The van der Waals surface area contributed by atoms with E-state index in [1.54, 1.807) is 36.4 Å². The van der Waals surface area contributed by atoms with Gasteiger partial charge in [0, 0.05) is 18.8 Å². The summed E-state index contributed by atoms with van der Waals surface area (Å²) in [6.07, 6.45) is 3.03. The second kappa shape index (κ2) is 8.42. The molecule has 2 aromatic carbocycles. The lowest BCUT2D eigenvalue weighted by molar-refractivity contribution is -0.125. The van der Waals surface area contributed by atoms with Crippen LogP contribution in [-0.2, 0) is 14.8 Å². The number of ether oxygens (including phenoxy) is 2. The molecule has 1 N–H and O–H groups in total. The standard InChI is InChI=1S/C21H24N2O5S/c24-21(20-15-27-18-10-3-4-11-19(18)28-20)22-16-8-7-9-17(14-16)29(25,26)23-12-5-1-2-6-13-23/h3-4,7-11,14,20H,1-2,5-6,12-13,15H2,(H,22,24)/t20-/m1/s1. The highest BCUT2D eigenvalue weighted by molar-refractivity contribution is 7.89. The molecule has 1 saturated heterocycles. The summed E-state index contributed by atoms with van der Waals surface area (Å²) in [5.74, 6) is 0.724. The van der Waals surface area contributed by atoms with E-state index in [2.05, 4.69) is 5.32 Å². The molecule has 2 heterocycles. The molecule has 1 fully saturated rings. The number of nitrogens with zero attached hydrogens (tertiary/aromatic N) is 1. The van der Waals surface area contributed by atoms with Crippen LogP contribution >= 0.6 is 0 Å². The molecule has 0 aliphatic carbocycles. The topological polar surface area (TPSA) is 84.9 Å². The van der Waals surface area contributed by atoms with Gasteiger partial charge in [-0.2, -0.15) is 4.31 Å². The van der Waals surface area contributed by atoms with Crippen molar-refractivity contribution in [2.45, 2.75) is 36.7 Å². The predicted molar refractivity (Wildman–Crippen MR) is 109 cm³/mol. The van der Waals surface area contributed by atoms with Crippen molar-refractivity contribution in [3.63, 3.8) is 0 Å². The van der Waals surface area contributed by atoms with E-state index in [9.17, 15) is 13.2 Å². The Morgan fingerprint density at radius 1 is 0.966 bits per heavy atom. The van der Waals surface area contributed by atoms with E-state index in [1.807, 2.05) is 6.07 Å². The quantitative estimate of drug-likeness (QED) is 0.828. The number of carbonyl (C=O) groups is 1. The molecule has 0 unspecified atom stereocenters. The number of sulfonamides is 1. The number of anilines is 1. The molecule has 7 nitrogen and oxygen atoms in total. The molecular formula is C21H24N2O5S. The molecule has 154 valence electrons. The number of hydrogen-bond donors (Lipinski definition) is 1. The summed E-state index contributed by atoms with van der Waals surface area (Å²) in [6, 6.07) is 13.5. The van der Waals surface area contributed by atoms with Crippen LogP contribution in [0, 0.1) is 0 Å². The SMILES string of the molecule is O=C(Nc1cccc(S(=O)(=O)N2CCCCCC2)c1)[C@H]1COc2ccccc2O1. The van der Waals surface area contributed by atoms with Crippen LogP contribution in [0.1, 0.15) is 25.7 Å². The average molecular weight is 416 g/mol. The minimum atomic E-state index is -3.58. The van der Waals surface area contributed by atoms with Crippen molar-refractivity contribution in [2.24, 2.45) is 0 Å². The molecule has 0 saturated carbocycles. The van der Waals surface area contributed by atoms with Crippen LogP contribution in [0.2, 0.25) is 0 Å². The average Bonchev–Trinajstić information content (AvgIpc) is 3.04. The first kappa shape index (κ1) is 19.7. The smallest absolute Gasteiger partial charge is 0.269 e. The van der Waals surface area contributed by atoms with Gasteiger partial charge >= 0.3 is 0 Å². The van der Waals surface area contributed by atoms with Crippen LogP contribution in [0.25, 0.3) is 0 Å². The summed E-state index contributed by atoms with van der Waals surface area (Å²) in [5.41, 5.74) is 0.411. The number of amides is 1. The third kappa shape index (κ3) is 4.38.